The first-order valence-electron chi connectivity index (χ1n) is 7.91. The second kappa shape index (κ2) is 5.92. The van der Waals surface area contributed by atoms with Gasteiger partial charge in [0.1, 0.15) is 6.54 Å². The van der Waals surface area contributed by atoms with E-state index in [-0.39, 0.29) is 12.7 Å². The molecule has 0 bridgehead atoms. The Morgan fingerprint density at radius 3 is 2.88 bits per heavy atom. The molecule has 0 aliphatic carbocycles. The molecule has 1 aromatic heterocycles. The predicted octanol–water partition coefficient (Wildman–Crippen LogP) is 2.99. The number of benzene rings is 2. The number of hydrogen-bond donors (Lipinski definition) is 1. The fourth-order valence-corrected chi connectivity index (χ4v) is 3.01. The van der Waals surface area contributed by atoms with E-state index in [9.17, 15) is 4.79 Å². The van der Waals surface area contributed by atoms with Gasteiger partial charge >= 0.3 is 0 Å². The van der Waals surface area contributed by atoms with E-state index < -0.39 is 0 Å². The monoisotopic (exact) mass is 322 g/mol. The lowest BCUT2D eigenvalue weighted by Crippen LogP contribution is -2.27. The van der Waals surface area contributed by atoms with Crippen LogP contribution in [0, 0.1) is 6.92 Å². The highest BCUT2D eigenvalue weighted by atomic mass is 16.7. The molecule has 1 aliphatic rings. The van der Waals surface area contributed by atoms with E-state index in [1.165, 1.54) is 0 Å². The van der Waals surface area contributed by atoms with Crippen molar-refractivity contribution in [3.05, 3.63) is 59.8 Å². The Morgan fingerprint density at radius 1 is 1.12 bits per heavy atom. The van der Waals surface area contributed by atoms with E-state index >= 15 is 0 Å². The highest BCUT2D eigenvalue weighted by Gasteiger charge is 2.14. The molecule has 0 spiro atoms. The Labute approximate surface area is 139 Å². The lowest BCUT2D eigenvalue weighted by molar-refractivity contribution is -0.121. The van der Waals surface area contributed by atoms with Crippen LogP contribution in [-0.4, -0.2) is 17.3 Å². The fourth-order valence-electron chi connectivity index (χ4n) is 3.01. The highest BCUT2D eigenvalue weighted by molar-refractivity contribution is 5.84. The van der Waals surface area contributed by atoms with Crippen LogP contribution in [0.25, 0.3) is 10.9 Å². The number of fused-ring (bicyclic) bond motifs is 2. The summed E-state index contributed by atoms with van der Waals surface area (Å²) in [6.07, 6.45) is 0. The van der Waals surface area contributed by atoms with Crippen molar-refractivity contribution >= 4 is 16.8 Å². The molecule has 0 fully saturated rings. The van der Waals surface area contributed by atoms with Crippen LogP contribution in [0.2, 0.25) is 0 Å². The van der Waals surface area contributed by atoms with Crippen molar-refractivity contribution < 1.29 is 14.3 Å². The standard InChI is InChI=1S/C19H18N2O3/c1-13-8-15-4-2-3-5-16(15)21(13)11-19(22)20-10-14-6-7-17-18(9-14)24-12-23-17/h2-9H,10-12H2,1H3,(H,20,22). The van der Waals surface area contributed by atoms with Gasteiger partial charge in [0.05, 0.1) is 0 Å². The van der Waals surface area contributed by atoms with Crippen LogP contribution in [0.5, 0.6) is 11.5 Å². The van der Waals surface area contributed by atoms with Gasteiger partial charge < -0.3 is 19.4 Å². The number of hydrogen-bond acceptors (Lipinski definition) is 3. The molecule has 1 aliphatic heterocycles. The number of ether oxygens (including phenoxy) is 2. The Bertz CT molecular complexity index is 914. The first-order chi connectivity index (χ1) is 11.7. The Morgan fingerprint density at radius 2 is 1.96 bits per heavy atom. The minimum absolute atomic E-state index is 0.0166. The van der Waals surface area contributed by atoms with Gasteiger partial charge in [-0.05, 0) is 42.1 Å². The number of nitrogens with zero attached hydrogens (tertiary/aromatic N) is 1. The van der Waals surface area contributed by atoms with Crippen LogP contribution in [0.4, 0.5) is 0 Å². The highest BCUT2D eigenvalue weighted by Crippen LogP contribution is 2.32. The van der Waals surface area contributed by atoms with Gasteiger partial charge in [-0.1, -0.05) is 24.3 Å². The summed E-state index contributed by atoms with van der Waals surface area (Å²) in [5, 5.41) is 4.12. The van der Waals surface area contributed by atoms with Crippen molar-refractivity contribution in [1.82, 2.24) is 9.88 Å². The maximum absolute atomic E-state index is 12.3. The molecule has 0 atom stereocenters. The van der Waals surface area contributed by atoms with Gasteiger partial charge in [-0.2, -0.15) is 0 Å². The van der Waals surface area contributed by atoms with Gasteiger partial charge in [0.25, 0.3) is 0 Å². The quantitative estimate of drug-likeness (QED) is 0.803. The van der Waals surface area contributed by atoms with Crippen molar-refractivity contribution in [2.45, 2.75) is 20.0 Å². The summed E-state index contributed by atoms with van der Waals surface area (Å²) in [4.78, 5) is 12.3. The van der Waals surface area contributed by atoms with Gasteiger partial charge in [0.15, 0.2) is 11.5 Å². The third-order valence-corrected chi connectivity index (χ3v) is 4.25. The summed E-state index contributed by atoms with van der Waals surface area (Å²) >= 11 is 0. The Kier molecular flexibility index (Phi) is 3.61. The van der Waals surface area contributed by atoms with E-state index in [0.717, 1.165) is 33.7 Å². The van der Waals surface area contributed by atoms with Crippen molar-refractivity contribution in [3.63, 3.8) is 0 Å². The smallest absolute Gasteiger partial charge is 0.240 e. The predicted molar refractivity (Wildman–Crippen MR) is 91.1 cm³/mol. The first kappa shape index (κ1) is 14.6. The minimum Gasteiger partial charge on any atom is -0.454 e. The van der Waals surface area contributed by atoms with Crippen LogP contribution in [0.3, 0.4) is 0 Å². The van der Waals surface area contributed by atoms with E-state index in [4.69, 9.17) is 9.47 Å². The average molecular weight is 322 g/mol. The van der Waals surface area contributed by atoms with Crippen molar-refractivity contribution in [2.75, 3.05) is 6.79 Å². The van der Waals surface area contributed by atoms with Crippen molar-refractivity contribution in [2.24, 2.45) is 0 Å². The lowest BCUT2D eigenvalue weighted by atomic mass is 10.2. The number of rotatable bonds is 4. The number of para-hydroxylation sites is 1. The molecule has 1 N–H and O–H groups in total. The summed E-state index contributed by atoms with van der Waals surface area (Å²) < 4.78 is 12.7. The fraction of sp³-hybridized carbons (Fsp3) is 0.211. The molecule has 0 saturated heterocycles. The van der Waals surface area contributed by atoms with E-state index in [1.54, 1.807) is 0 Å². The molecule has 24 heavy (non-hydrogen) atoms. The van der Waals surface area contributed by atoms with Gasteiger partial charge in [-0.15, -0.1) is 0 Å². The molecule has 2 heterocycles. The molecule has 5 nitrogen and oxygen atoms in total. The lowest BCUT2D eigenvalue weighted by Gasteiger charge is -2.10. The summed E-state index contributed by atoms with van der Waals surface area (Å²) in [5.41, 5.74) is 3.14. The van der Waals surface area contributed by atoms with Gasteiger partial charge in [0, 0.05) is 17.8 Å². The molecular weight excluding hydrogens is 304 g/mol. The molecule has 122 valence electrons. The zero-order valence-corrected chi connectivity index (χ0v) is 13.4. The number of carbonyl (C=O) groups excluding carboxylic acids is 1. The van der Waals surface area contributed by atoms with Gasteiger partial charge in [-0.25, -0.2) is 0 Å². The Hall–Kier alpha value is -2.95. The summed E-state index contributed by atoms with van der Waals surface area (Å²) in [7, 11) is 0. The van der Waals surface area contributed by atoms with Crippen molar-refractivity contribution in [3.8, 4) is 11.5 Å². The molecule has 4 rings (SSSR count). The minimum atomic E-state index is -0.0166. The average Bonchev–Trinajstić information content (AvgIpc) is 3.17. The number of amides is 1. The molecule has 5 heteroatoms. The molecule has 3 aromatic rings. The molecule has 1 amide bonds. The maximum atomic E-state index is 12.3. The first-order valence-corrected chi connectivity index (χ1v) is 7.91. The number of carbonyl (C=O) groups is 1. The van der Waals surface area contributed by atoms with Gasteiger partial charge in [-0.3, -0.25) is 4.79 Å². The van der Waals surface area contributed by atoms with E-state index in [1.807, 2.05) is 47.9 Å². The normalized spacial score (nSPS) is 12.5. The molecule has 2 aromatic carbocycles. The zero-order chi connectivity index (χ0) is 16.5. The van der Waals surface area contributed by atoms with Crippen LogP contribution in [-0.2, 0) is 17.9 Å². The molecular formula is C19H18N2O3. The number of aryl methyl sites for hydroxylation is 1. The van der Waals surface area contributed by atoms with E-state index in [2.05, 4.69) is 17.4 Å². The van der Waals surface area contributed by atoms with Gasteiger partial charge in [0.2, 0.25) is 12.7 Å². The largest absolute Gasteiger partial charge is 0.454 e. The summed E-state index contributed by atoms with van der Waals surface area (Å²) in [6.45, 7) is 3.05. The number of aromatic nitrogens is 1. The number of nitrogens with one attached hydrogen (secondary N) is 1. The molecule has 0 unspecified atom stereocenters. The second-order valence-corrected chi connectivity index (χ2v) is 5.90. The third kappa shape index (κ3) is 2.69. The van der Waals surface area contributed by atoms with Crippen LogP contribution >= 0.6 is 0 Å². The van der Waals surface area contributed by atoms with E-state index in [0.29, 0.717) is 13.1 Å². The third-order valence-electron chi connectivity index (χ3n) is 4.25. The maximum Gasteiger partial charge on any atom is 0.240 e. The second-order valence-electron chi connectivity index (χ2n) is 5.90. The molecule has 0 saturated carbocycles. The molecule has 0 radical (unpaired) electrons. The van der Waals surface area contributed by atoms with Crippen LogP contribution in [0.15, 0.2) is 48.5 Å². The summed E-state index contributed by atoms with van der Waals surface area (Å²) in [6, 6.07) is 15.9. The van der Waals surface area contributed by atoms with Crippen molar-refractivity contribution in [1.29, 1.82) is 0 Å². The topological polar surface area (TPSA) is 52.5 Å². The van der Waals surface area contributed by atoms with Crippen LogP contribution < -0.4 is 14.8 Å². The summed E-state index contributed by atoms with van der Waals surface area (Å²) in [5.74, 6) is 1.46. The zero-order valence-electron chi connectivity index (χ0n) is 13.4. The SMILES string of the molecule is Cc1cc2ccccc2n1CC(=O)NCc1ccc2c(c1)OCO2. The Balaban J connectivity index is 1.44. The van der Waals surface area contributed by atoms with Crippen LogP contribution in [0.1, 0.15) is 11.3 Å².